The fraction of sp³-hybridized carbons (Fsp3) is 0.462. The Bertz CT molecular complexity index is 380. The van der Waals surface area contributed by atoms with Crippen LogP contribution in [0.2, 0.25) is 0 Å². The molecule has 94 valence electrons. The molecule has 1 fully saturated rings. The van der Waals surface area contributed by atoms with Gasteiger partial charge in [0.05, 0.1) is 5.92 Å². The van der Waals surface area contributed by atoms with Gasteiger partial charge in [-0.05, 0) is 50.1 Å². The van der Waals surface area contributed by atoms with Gasteiger partial charge < -0.3 is 10.6 Å². The molecule has 0 radical (unpaired) electrons. The molecule has 1 aliphatic heterocycles. The van der Waals surface area contributed by atoms with Gasteiger partial charge in [0.1, 0.15) is 0 Å². The molecule has 2 rings (SSSR count). The van der Waals surface area contributed by atoms with Crippen molar-refractivity contribution in [3.8, 4) is 0 Å². The molecule has 1 saturated heterocycles. The Balaban J connectivity index is 0.00000144. The summed E-state index contributed by atoms with van der Waals surface area (Å²) >= 11 is 0. The zero-order chi connectivity index (χ0) is 11.5. The van der Waals surface area contributed by atoms with Crippen molar-refractivity contribution in [3.05, 3.63) is 29.3 Å². The number of amides is 1. The molecule has 0 saturated carbocycles. The van der Waals surface area contributed by atoms with Gasteiger partial charge in [-0.2, -0.15) is 0 Å². The highest BCUT2D eigenvalue weighted by atomic mass is 35.5. The van der Waals surface area contributed by atoms with E-state index in [1.54, 1.807) is 0 Å². The Kier molecular flexibility index (Phi) is 4.97. The molecule has 1 aromatic rings. The molecule has 2 N–H and O–H groups in total. The van der Waals surface area contributed by atoms with Gasteiger partial charge in [-0.15, -0.1) is 12.4 Å². The number of hydrogen-bond acceptors (Lipinski definition) is 2. The Hall–Kier alpha value is -1.06. The van der Waals surface area contributed by atoms with Gasteiger partial charge in [0.15, 0.2) is 0 Å². The van der Waals surface area contributed by atoms with Crippen LogP contribution in [-0.2, 0) is 4.79 Å². The van der Waals surface area contributed by atoms with E-state index in [0.29, 0.717) is 0 Å². The number of aryl methyl sites for hydroxylation is 2. The molecule has 0 aliphatic carbocycles. The largest absolute Gasteiger partial charge is 0.326 e. The molecule has 1 aliphatic rings. The van der Waals surface area contributed by atoms with Crippen molar-refractivity contribution in [1.29, 1.82) is 0 Å². The molecule has 1 amide bonds. The first kappa shape index (κ1) is 14.0. The predicted octanol–water partition coefficient (Wildman–Crippen LogP) is 2.27. The Morgan fingerprint density at radius 2 is 1.94 bits per heavy atom. The third-order valence-electron chi connectivity index (χ3n) is 2.92. The lowest BCUT2D eigenvalue weighted by Crippen LogP contribution is -2.24. The number of carbonyl (C=O) groups excluding carboxylic acids is 1. The van der Waals surface area contributed by atoms with Gasteiger partial charge in [0, 0.05) is 12.2 Å². The number of benzene rings is 1. The molecule has 3 nitrogen and oxygen atoms in total. The number of nitrogens with one attached hydrogen (secondary N) is 2. The van der Waals surface area contributed by atoms with Crippen LogP contribution >= 0.6 is 12.4 Å². The van der Waals surface area contributed by atoms with Gasteiger partial charge in [0.2, 0.25) is 5.91 Å². The molecule has 1 unspecified atom stereocenters. The third kappa shape index (κ3) is 3.72. The van der Waals surface area contributed by atoms with E-state index < -0.39 is 0 Å². The maximum Gasteiger partial charge on any atom is 0.228 e. The molecular weight excluding hydrogens is 236 g/mol. The van der Waals surface area contributed by atoms with Crippen LogP contribution < -0.4 is 10.6 Å². The Morgan fingerprint density at radius 3 is 2.47 bits per heavy atom. The quantitative estimate of drug-likeness (QED) is 0.850. The normalized spacial score (nSPS) is 18.6. The predicted molar refractivity (Wildman–Crippen MR) is 72.8 cm³/mol. The van der Waals surface area contributed by atoms with Gasteiger partial charge >= 0.3 is 0 Å². The van der Waals surface area contributed by atoms with Crippen molar-refractivity contribution in [2.24, 2.45) is 5.92 Å². The highest BCUT2D eigenvalue weighted by Crippen LogP contribution is 2.16. The number of halogens is 1. The van der Waals surface area contributed by atoms with Gasteiger partial charge in [-0.25, -0.2) is 0 Å². The average Bonchev–Trinajstić information content (AvgIpc) is 2.68. The summed E-state index contributed by atoms with van der Waals surface area (Å²) in [4.78, 5) is 11.9. The zero-order valence-corrected chi connectivity index (χ0v) is 11.1. The second-order valence-corrected chi connectivity index (χ2v) is 4.56. The van der Waals surface area contributed by atoms with E-state index in [1.807, 2.05) is 26.0 Å². The van der Waals surface area contributed by atoms with E-state index in [0.717, 1.165) is 25.2 Å². The van der Waals surface area contributed by atoms with E-state index in [9.17, 15) is 4.79 Å². The monoisotopic (exact) mass is 254 g/mol. The van der Waals surface area contributed by atoms with Gasteiger partial charge in [-0.3, -0.25) is 4.79 Å². The van der Waals surface area contributed by atoms with E-state index in [-0.39, 0.29) is 24.2 Å². The maximum absolute atomic E-state index is 11.9. The molecule has 4 heteroatoms. The molecule has 0 spiro atoms. The molecule has 1 atom stereocenters. The minimum atomic E-state index is 0. The first-order chi connectivity index (χ1) is 7.65. The van der Waals surface area contributed by atoms with Crippen molar-refractivity contribution in [2.75, 3.05) is 18.4 Å². The lowest BCUT2D eigenvalue weighted by atomic mass is 10.1. The summed E-state index contributed by atoms with van der Waals surface area (Å²) in [6, 6.07) is 6.12. The van der Waals surface area contributed by atoms with Crippen molar-refractivity contribution < 1.29 is 4.79 Å². The van der Waals surface area contributed by atoms with E-state index in [1.165, 1.54) is 11.1 Å². The fourth-order valence-electron chi connectivity index (χ4n) is 2.17. The second kappa shape index (κ2) is 6.03. The van der Waals surface area contributed by atoms with Crippen LogP contribution in [0.5, 0.6) is 0 Å². The summed E-state index contributed by atoms with van der Waals surface area (Å²) in [5, 5.41) is 6.19. The highest BCUT2D eigenvalue weighted by Gasteiger charge is 2.22. The highest BCUT2D eigenvalue weighted by molar-refractivity contribution is 5.93. The van der Waals surface area contributed by atoms with E-state index in [2.05, 4.69) is 16.7 Å². The fourth-order valence-corrected chi connectivity index (χ4v) is 2.17. The maximum atomic E-state index is 11.9. The number of rotatable bonds is 2. The van der Waals surface area contributed by atoms with Gasteiger partial charge in [0.25, 0.3) is 0 Å². The van der Waals surface area contributed by atoms with Crippen molar-refractivity contribution in [2.45, 2.75) is 20.3 Å². The first-order valence-corrected chi connectivity index (χ1v) is 5.75. The van der Waals surface area contributed by atoms with Crippen LogP contribution in [0.4, 0.5) is 5.69 Å². The van der Waals surface area contributed by atoms with Crippen LogP contribution in [0.15, 0.2) is 18.2 Å². The summed E-state index contributed by atoms with van der Waals surface area (Å²) in [7, 11) is 0. The summed E-state index contributed by atoms with van der Waals surface area (Å²) in [6.07, 6.45) is 0.941. The number of hydrogen-bond donors (Lipinski definition) is 2. The summed E-state index contributed by atoms with van der Waals surface area (Å²) < 4.78 is 0. The van der Waals surface area contributed by atoms with Crippen molar-refractivity contribution in [3.63, 3.8) is 0 Å². The van der Waals surface area contributed by atoms with Crippen LogP contribution in [0.3, 0.4) is 0 Å². The van der Waals surface area contributed by atoms with Crippen LogP contribution in [0, 0.1) is 19.8 Å². The molecule has 0 aromatic heterocycles. The lowest BCUT2D eigenvalue weighted by Gasteiger charge is -2.11. The second-order valence-electron chi connectivity index (χ2n) is 4.56. The molecular formula is C13H19ClN2O. The Morgan fingerprint density at radius 1 is 1.29 bits per heavy atom. The Labute approximate surface area is 108 Å². The minimum absolute atomic E-state index is 0. The SMILES string of the molecule is Cc1cc(C)cc(NC(=O)C2CCNC2)c1.Cl. The molecule has 0 bridgehead atoms. The van der Waals surface area contributed by atoms with Gasteiger partial charge in [-0.1, -0.05) is 6.07 Å². The number of anilines is 1. The number of carbonyl (C=O) groups is 1. The van der Waals surface area contributed by atoms with E-state index >= 15 is 0 Å². The lowest BCUT2D eigenvalue weighted by molar-refractivity contribution is -0.119. The van der Waals surface area contributed by atoms with Crippen LogP contribution in [-0.4, -0.2) is 19.0 Å². The van der Waals surface area contributed by atoms with Crippen molar-refractivity contribution >= 4 is 24.0 Å². The summed E-state index contributed by atoms with van der Waals surface area (Å²) in [5.41, 5.74) is 3.27. The summed E-state index contributed by atoms with van der Waals surface area (Å²) in [6.45, 7) is 5.83. The smallest absolute Gasteiger partial charge is 0.228 e. The molecule has 17 heavy (non-hydrogen) atoms. The van der Waals surface area contributed by atoms with E-state index in [4.69, 9.17) is 0 Å². The minimum Gasteiger partial charge on any atom is -0.326 e. The molecule has 1 heterocycles. The first-order valence-electron chi connectivity index (χ1n) is 5.75. The van der Waals surface area contributed by atoms with Crippen molar-refractivity contribution in [1.82, 2.24) is 5.32 Å². The molecule has 1 aromatic carbocycles. The third-order valence-corrected chi connectivity index (χ3v) is 2.92. The summed E-state index contributed by atoms with van der Waals surface area (Å²) in [5.74, 6) is 0.260. The topological polar surface area (TPSA) is 41.1 Å². The standard InChI is InChI=1S/C13H18N2O.ClH/c1-9-5-10(2)7-12(6-9)15-13(16)11-3-4-14-8-11;/h5-7,11,14H,3-4,8H2,1-2H3,(H,15,16);1H. The zero-order valence-electron chi connectivity index (χ0n) is 10.2. The van der Waals surface area contributed by atoms with Crippen LogP contribution in [0.1, 0.15) is 17.5 Å². The van der Waals surface area contributed by atoms with Crippen LogP contribution in [0.25, 0.3) is 0 Å². The average molecular weight is 255 g/mol.